The molecule has 2 aromatic rings. The van der Waals surface area contributed by atoms with Gasteiger partial charge >= 0.3 is 0 Å². The summed E-state index contributed by atoms with van der Waals surface area (Å²) in [6, 6.07) is 12.6. The Labute approximate surface area is 186 Å². The minimum absolute atomic E-state index is 0.153. The van der Waals surface area contributed by atoms with Crippen LogP contribution in [-0.2, 0) is 4.79 Å². The Morgan fingerprint density at radius 2 is 1.87 bits per heavy atom. The number of hydrogen-bond donors (Lipinski definition) is 0. The topological polar surface area (TPSA) is 45.1 Å². The summed E-state index contributed by atoms with van der Waals surface area (Å²) in [5, 5.41) is 0.592. The molecule has 0 saturated carbocycles. The molecule has 0 unspecified atom stereocenters. The molecule has 0 bridgehead atoms. The predicted molar refractivity (Wildman–Crippen MR) is 126 cm³/mol. The number of rotatable bonds is 5. The van der Waals surface area contributed by atoms with Gasteiger partial charge in [-0.3, -0.25) is 9.69 Å². The maximum Gasteiger partial charge on any atom is 0.266 e. The lowest BCUT2D eigenvalue weighted by Crippen LogP contribution is -2.29. The second-order valence-electron chi connectivity index (χ2n) is 7.51. The summed E-state index contributed by atoms with van der Waals surface area (Å²) in [6.45, 7) is 4.32. The summed E-state index contributed by atoms with van der Waals surface area (Å²) in [5.41, 5.74) is 2.05. The van der Waals surface area contributed by atoms with E-state index >= 15 is 0 Å². The molecule has 31 heavy (non-hydrogen) atoms. The Morgan fingerprint density at radius 3 is 2.52 bits per heavy atom. The smallest absolute Gasteiger partial charge is 0.266 e. The monoisotopic (exact) mass is 439 g/mol. The molecule has 4 rings (SSSR count). The predicted octanol–water partition coefficient (Wildman–Crippen LogP) is 5.45. The first-order valence-electron chi connectivity index (χ1n) is 10.6. The highest BCUT2D eigenvalue weighted by Gasteiger charge is 2.32. The zero-order valence-corrected chi connectivity index (χ0v) is 18.6. The molecule has 0 spiro atoms. The van der Waals surface area contributed by atoms with Gasteiger partial charge in [0, 0.05) is 30.9 Å². The number of thioether (sulfide) groups is 1. The number of piperidine rings is 1. The number of aliphatic imine (C=N–C) groups is 1. The molecule has 7 heteroatoms. The number of nitrogens with zero attached hydrogens (tertiary/aromatic N) is 3. The van der Waals surface area contributed by atoms with E-state index in [0.29, 0.717) is 22.2 Å². The highest BCUT2D eigenvalue weighted by Crippen LogP contribution is 2.35. The van der Waals surface area contributed by atoms with Crippen LogP contribution >= 0.6 is 11.8 Å². The van der Waals surface area contributed by atoms with E-state index in [9.17, 15) is 9.18 Å². The number of carbonyl (C=O) groups is 1. The summed E-state index contributed by atoms with van der Waals surface area (Å²) in [6.07, 6.45) is 5.14. The van der Waals surface area contributed by atoms with Crippen LogP contribution in [0.25, 0.3) is 6.08 Å². The minimum atomic E-state index is -0.312. The lowest BCUT2D eigenvalue weighted by atomic mass is 10.1. The quantitative estimate of drug-likeness (QED) is 0.581. The molecule has 5 nitrogen and oxygen atoms in total. The van der Waals surface area contributed by atoms with E-state index < -0.39 is 0 Å². The van der Waals surface area contributed by atoms with Crippen LogP contribution in [0.2, 0.25) is 0 Å². The molecule has 0 radical (unpaired) electrons. The summed E-state index contributed by atoms with van der Waals surface area (Å²) in [5.74, 6) is 0.280. The maximum atomic E-state index is 14.8. The molecule has 2 saturated heterocycles. The molecule has 0 aliphatic carbocycles. The lowest BCUT2D eigenvalue weighted by Gasteiger charge is -2.28. The number of amidine groups is 1. The van der Waals surface area contributed by atoms with E-state index in [2.05, 4.69) is 9.89 Å². The number of benzene rings is 2. The largest absolute Gasteiger partial charge is 0.497 e. The number of carbonyl (C=O) groups excluding carboxylic acids is 1. The van der Waals surface area contributed by atoms with Crippen LogP contribution in [0.15, 0.2) is 52.4 Å². The number of methoxy groups -OCH3 is 1. The van der Waals surface area contributed by atoms with E-state index in [-0.39, 0.29) is 11.7 Å². The lowest BCUT2D eigenvalue weighted by molar-refractivity contribution is -0.122. The van der Waals surface area contributed by atoms with Crippen LogP contribution in [0.4, 0.5) is 15.8 Å². The molecule has 0 N–H and O–H groups in total. The van der Waals surface area contributed by atoms with Gasteiger partial charge in [-0.25, -0.2) is 9.38 Å². The highest BCUT2D eigenvalue weighted by atomic mass is 32.2. The van der Waals surface area contributed by atoms with Crippen LogP contribution in [0.5, 0.6) is 5.75 Å². The second kappa shape index (κ2) is 9.56. The third-order valence-corrected chi connectivity index (χ3v) is 6.50. The third-order valence-electron chi connectivity index (χ3n) is 5.49. The van der Waals surface area contributed by atoms with Gasteiger partial charge in [0.25, 0.3) is 5.91 Å². The van der Waals surface area contributed by atoms with E-state index in [1.165, 1.54) is 18.2 Å². The van der Waals surface area contributed by atoms with Crippen LogP contribution in [-0.4, -0.2) is 42.7 Å². The molecule has 2 aliphatic rings. The normalized spacial score (nSPS) is 19.5. The van der Waals surface area contributed by atoms with Crippen LogP contribution in [0.1, 0.15) is 31.7 Å². The van der Waals surface area contributed by atoms with E-state index in [0.717, 1.165) is 43.1 Å². The second-order valence-corrected chi connectivity index (χ2v) is 8.52. The summed E-state index contributed by atoms with van der Waals surface area (Å²) in [7, 11) is 1.61. The highest BCUT2D eigenvalue weighted by molar-refractivity contribution is 8.18. The number of amides is 1. The van der Waals surface area contributed by atoms with Gasteiger partial charge in [-0.05, 0) is 86.5 Å². The van der Waals surface area contributed by atoms with Gasteiger partial charge < -0.3 is 9.64 Å². The van der Waals surface area contributed by atoms with Gasteiger partial charge in [-0.2, -0.15) is 0 Å². The summed E-state index contributed by atoms with van der Waals surface area (Å²) >= 11 is 1.27. The zero-order valence-electron chi connectivity index (χ0n) is 17.8. The first-order valence-corrected chi connectivity index (χ1v) is 11.4. The van der Waals surface area contributed by atoms with Crippen molar-refractivity contribution in [2.45, 2.75) is 26.2 Å². The Kier molecular flexibility index (Phi) is 6.61. The average Bonchev–Trinajstić information content (AvgIpc) is 3.10. The Hall–Kier alpha value is -2.80. The Balaban J connectivity index is 1.57. The number of likely N-dealkylation sites (N-methyl/N-ethyl adjacent to an activating group) is 1. The average molecular weight is 440 g/mol. The SMILES string of the molecule is CCN1C(=O)/C(=C\c2ccc(N3CCCCC3)cc2F)SC1=Nc1ccc(OC)cc1. The van der Waals surface area contributed by atoms with E-state index in [1.807, 2.05) is 37.3 Å². The van der Waals surface area contributed by atoms with Crippen LogP contribution < -0.4 is 9.64 Å². The third kappa shape index (κ3) is 4.77. The van der Waals surface area contributed by atoms with Crippen molar-refractivity contribution in [3.63, 3.8) is 0 Å². The molecular formula is C24H26FN3O2S. The van der Waals surface area contributed by atoms with Crippen molar-refractivity contribution in [1.29, 1.82) is 0 Å². The van der Waals surface area contributed by atoms with Crippen molar-refractivity contribution in [3.05, 3.63) is 58.8 Å². The standard InChI is InChI=1S/C24H26FN3O2S/c1-3-28-23(29)22(31-24(28)26-18-8-11-20(30-2)12-9-18)15-17-7-10-19(16-21(17)25)27-13-5-4-6-14-27/h7-12,15-16H,3-6,13-14H2,1-2H3/b22-15+,26-24?. The molecule has 2 aliphatic heterocycles. The van der Waals surface area contributed by atoms with Crippen molar-refractivity contribution >= 4 is 40.3 Å². The molecule has 1 amide bonds. The van der Waals surface area contributed by atoms with Gasteiger partial charge in [0.1, 0.15) is 11.6 Å². The summed E-state index contributed by atoms with van der Waals surface area (Å²) < 4.78 is 20.0. The van der Waals surface area contributed by atoms with Crippen molar-refractivity contribution in [3.8, 4) is 5.75 Å². The van der Waals surface area contributed by atoms with Crippen molar-refractivity contribution < 1.29 is 13.9 Å². The van der Waals surface area contributed by atoms with Gasteiger partial charge in [-0.15, -0.1) is 0 Å². The Morgan fingerprint density at radius 1 is 1.13 bits per heavy atom. The first kappa shape index (κ1) is 21.4. The fraction of sp³-hybridized carbons (Fsp3) is 0.333. The number of hydrogen-bond acceptors (Lipinski definition) is 5. The van der Waals surface area contributed by atoms with Crippen LogP contribution in [0, 0.1) is 5.82 Å². The zero-order chi connectivity index (χ0) is 21.8. The first-order chi connectivity index (χ1) is 15.1. The molecule has 2 aromatic carbocycles. The van der Waals surface area contributed by atoms with E-state index in [1.54, 1.807) is 30.2 Å². The fourth-order valence-corrected chi connectivity index (χ4v) is 4.81. The van der Waals surface area contributed by atoms with Gasteiger partial charge in [0.15, 0.2) is 5.17 Å². The number of anilines is 1. The van der Waals surface area contributed by atoms with Gasteiger partial charge in [-0.1, -0.05) is 0 Å². The van der Waals surface area contributed by atoms with Crippen molar-refractivity contribution in [2.75, 3.05) is 31.6 Å². The molecule has 0 aromatic heterocycles. The van der Waals surface area contributed by atoms with Crippen molar-refractivity contribution in [2.24, 2.45) is 4.99 Å². The molecule has 2 fully saturated rings. The Bertz CT molecular complexity index is 1010. The molecule has 0 atom stereocenters. The van der Waals surface area contributed by atoms with Crippen LogP contribution in [0.3, 0.4) is 0 Å². The molecule has 162 valence electrons. The number of ether oxygens (including phenoxy) is 1. The molecule has 2 heterocycles. The van der Waals surface area contributed by atoms with Gasteiger partial charge in [0.05, 0.1) is 17.7 Å². The maximum absolute atomic E-state index is 14.8. The van der Waals surface area contributed by atoms with Crippen molar-refractivity contribution in [1.82, 2.24) is 4.90 Å². The molecular weight excluding hydrogens is 413 g/mol. The number of halogens is 1. The fourth-order valence-electron chi connectivity index (χ4n) is 3.76. The van der Waals surface area contributed by atoms with Gasteiger partial charge in [0.2, 0.25) is 0 Å². The summed E-state index contributed by atoms with van der Waals surface area (Å²) in [4.78, 5) is 21.8. The minimum Gasteiger partial charge on any atom is -0.497 e. The van der Waals surface area contributed by atoms with E-state index in [4.69, 9.17) is 4.74 Å².